The third kappa shape index (κ3) is 9.20. The Balaban J connectivity index is 2.50. The highest BCUT2D eigenvalue weighted by atomic mass is 16.6. The molecule has 7 heteroatoms. The number of benzene rings is 1. The molecule has 1 atom stereocenters. The molecular formula is C17H25BN2O4. The quantitative estimate of drug-likeness (QED) is 0.699. The fourth-order valence-electron chi connectivity index (χ4n) is 1.92. The highest BCUT2D eigenvalue weighted by Gasteiger charge is 2.20. The summed E-state index contributed by atoms with van der Waals surface area (Å²) in [7, 11) is 5.63. The van der Waals surface area contributed by atoms with E-state index >= 15 is 0 Å². The van der Waals surface area contributed by atoms with Crippen LogP contribution >= 0.6 is 0 Å². The van der Waals surface area contributed by atoms with Crippen molar-refractivity contribution in [1.82, 2.24) is 5.32 Å². The van der Waals surface area contributed by atoms with Crippen molar-refractivity contribution in [3.05, 3.63) is 29.8 Å². The van der Waals surface area contributed by atoms with Gasteiger partial charge >= 0.3 is 6.09 Å². The molecule has 3 N–H and O–H groups in total. The van der Waals surface area contributed by atoms with E-state index in [0.717, 1.165) is 5.56 Å². The average molecular weight is 332 g/mol. The second kappa shape index (κ2) is 9.32. The van der Waals surface area contributed by atoms with Crippen LogP contribution in [0.3, 0.4) is 0 Å². The third-order valence-electron chi connectivity index (χ3n) is 3.03. The molecular weight excluding hydrogens is 307 g/mol. The fourth-order valence-corrected chi connectivity index (χ4v) is 1.92. The minimum absolute atomic E-state index is 0.158. The number of hydrogen-bond donors (Lipinski definition) is 2. The molecule has 0 bridgehead atoms. The van der Waals surface area contributed by atoms with Crippen LogP contribution in [-0.2, 0) is 20.9 Å². The molecule has 1 unspecified atom stereocenters. The first-order valence-corrected chi connectivity index (χ1v) is 7.85. The van der Waals surface area contributed by atoms with Gasteiger partial charge in [-0.1, -0.05) is 29.7 Å². The molecule has 1 aromatic carbocycles. The standard InChI is InChI=1S/C17H25BN2O4/c1-17(2,3)24-16(22)20-14(8-9-15(19)21)11-23-10-12-4-6-13(18)7-5-12/h4-7,14H,8-11H2,1-3H3,(H2,19,21)(H,20,22). The number of hydrogen-bond acceptors (Lipinski definition) is 4. The lowest BCUT2D eigenvalue weighted by atomic mass is 9.95. The van der Waals surface area contributed by atoms with Gasteiger partial charge in [0.1, 0.15) is 13.4 Å². The van der Waals surface area contributed by atoms with Crippen molar-refractivity contribution in [2.45, 2.75) is 51.9 Å². The van der Waals surface area contributed by atoms with E-state index < -0.39 is 17.6 Å². The van der Waals surface area contributed by atoms with Crippen molar-refractivity contribution < 1.29 is 19.1 Å². The Kier molecular flexibility index (Phi) is 7.78. The Labute approximate surface area is 144 Å². The average Bonchev–Trinajstić information content (AvgIpc) is 2.44. The molecule has 6 nitrogen and oxygen atoms in total. The van der Waals surface area contributed by atoms with Crippen LogP contribution in [0.15, 0.2) is 24.3 Å². The number of nitrogens with two attached hydrogens (primary N) is 1. The van der Waals surface area contributed by atoms with Crippen molar-refractivity contribution in [3.63, 3.8) is 0 Å². The SMILES string of the molecule is [B]c1ccc(COCC(CCC(N)=O)NC(=O)OC(C)(C)C)cc1. The van der Waals surface area contributed by atoms with Crippen LogP contribution < -0.4 is 16.5 Å². The summed E-state index contributed by atoms with van der Waals surface area (Å²) in [4.78, 5) is 22.8. The van der Waals surface area contributed by atoms with Crippen LogP contribution in [-0.4, -0.2) is 38.1 Å². The molecule has 0 aliphatic rings. The van der Waals surface area contributed by atoms with Gasteiger partial charge in [-0.2, -0.15) is 0 Å². The highest BCUT2D eigenvalue weighted by molar-refractivity contribution is 6.32. The fraction of sp³-hybridized carbons (Fsp3) is 0.529. The van der Waals surface area contributed by atoms with Gasteiger partial charge in [0.05, 0.1) is 19.3 Å². The smallest absolute Gasteiger partial charge is 0.407 e. The van der Waals surface area contributed by atoms with E-state index in [2.05, 4.69) is 5.32 Å². The van der Waals surface area contributed by atoms with Crippen molar-refractivity contribution in [2.75, 3.05) is 6.61 Å². The Morgan fingerprint density at radius 2 is 1.88 bits per heavy atom. The maximum Gasteiger partial charge on any atom is 0.407 e. The van der Waals surface area contributed by atoms with Crippen molar-refractivity contribution in [1.29, 1.82) is 0 Å². The van der Waals surface area contributed by atoms with E-state index in [-0.39, 0.29) is 19.1 Å². The summed E-state index contributed by atoms with van der Waals surface area (Å²) in [5.41, 5.74) is 6.23. The zero-order valence-electron chi connectivity index (χ0n) is 14.5. The number of alkyl carbamates (subject to hydrolysis) is 1. The molecule has 0 spiro atoms. The van der Waals surface area contributed by atoms with Crippen LogP contribution in [0.5, 0.6) is 0 Å². The molecule has 2 radical (unpaired) electrons. The van der Waals surface area contributed by atoms with E-state index in [0.29, 0.717) is 18.5 Å². The summed E-state index contributed by atoms with van der Waals surface area (Å²) in [5.74, 6) is -0.426. The predicted molar refractivity (Wildman–Crippen MR) is 93.1 cm³/mol. The zero-order valence-corrected chi connectivity index (χ0v) is 14.5. The summed E-state index contributed by atoms with van der Waals surface area (Å²) >= 11 is 0. The minimum Gasteiger partial charge on any atom is -0.444 e. The zero-order chi connectivity index (χ0) is 18.2. The molecule has 0 saturated carbocycles. The van der Waals surface area contributed by atoms with Crippen LogP contribution in [0.4, 0.5) is 4.79 Å². The topological polar surface area (TPSA) is 90.6 Å². The van der Waals surface area contributed by atoms with Gasteiger partial charge in [-0.05, 0) is 32.8 Å². The van der Waals surface area contributed by atoms with E-state index in [9.17, 15) is 9.59 Å². The molecule has 0 heterocycles. The van der Waals surface area contributed by atoms with Gasteiger partial charge in [-0.15, -0.1) is 0 Å². The van der Waals surface area contributed by atoms with Gasteiger partial charge in [-0.25, -0.2) is 4.79 Å². The van der Waals surface area contributed by atoms with Gasteiger partial charge < -0.3 is 20.5 Å². The third-order valence-corrected chi connectivity index (χ3v) is 3.03. The summed E-state index contributed by atoms with van der Waals surface area (Å²) in [5, 5.41) is 2.71. The summed E-state index contributed by atoms with van der Waals surface area (Å²) in [6.07, 6.45) is -0.00444. The lowest BCUT2D eigenvalue weighted by Gasteiger charge is -2.23. The number of amides is 2. The largest absolute Gasteiger partial charge is 0.444 e. The summed E-state index contributed by atoms with van der Waals surface area (Å²) in [6, 6.07) is 6.97. The lowest BCUT2D eigenvalue weighted by molar-refractivity contribution is -0.118. The molecule has 0 saturated heterocycles. The lowest BCUT2D eigenvalue weighted by Crippen LogP contribution is -2.42. The first kappa shape index (κ1) is 20.0. The number of primary amides is 1. The van der Waals surface area contributed by atoms with E-state index in [1.165, 1.54) is 0 Å². The molecule has 1 rings (SSSR count). The van der Waals surface area contributed by atoms with Gasteiger partial charge in [0.2, 0.25) is 5.91 Å². The Morgan fingerprint density at radius 1 is 1.25 bits per heavy atom. The Hall–Kier alpha value is -2.02. The van der Waals surface area contributed by atoms with Crippen molar-refractivity contribution >= 4 is 25.3 Å². The van der Waals surface area contributed by atoms with Gasteiger partial charge in [-0.3, -0.25) is 4.79 Å². The molecule has 24 heavy (non-hydrogen) atoms. The Bertz CT molecular complexity index is 541. The second-order valence-electron chi connectivity index (χ2n) is 6.60. The van der Waals surface area contributed by atoms with Crippen molar-refractivity contribution in [3.8, 4) is 0 Å². The monoisotopic (exact) mass is 332 g/mol. The van der Waals surface area contributed by atoms with Crippen LogP contribution in [0.25, 0.3) is 0 Å². The predicted octanol–water partition coefficient (Wildman–Crippen LogP) is 1.16. The molecule has 1 aromatic rings. The number of carbonyl (C=O) groups excluding carboxylic acids is 2. The number of rotatable bonds is 8. The normalized spacial score (nSPS) is 12.5. The summed E-state index contributed by atoms with van der Waals surface area (Å²) < 4.78 is 10.8. The first-order chi connectivity index (χ1) is 11.2. The van der Waals surface area contributed by atoms with Gasteiger partial charge in [0.25, 0.3) is 0 Å². The molecule has 0 aliphatic carbocycles. The van der Waals surface area contributed by atoms with Crippen LogP contribution in [0.2, 0.25) is 0 Å². The number of ether oxygens (including phenoxy) is 2. The number of carbonyl (C=O) groups is 2. The first-order valence-electron chi connectivity index (χ1n) is 7.85. The maximum absolute atomic E-state index is 11.9. The van der Waals surface area contributed by atoms with E-state index in [1.807, 2.05) is 12.1 Å². The van der Waals surface area contributed by atoms with Crippen LogP contribution in [0.1, 0.15) is 39.2 Å². The van der Waals surface area contributed by atoms with Gasteiger partial charge in [0.15, 0.2) is 0 Å². The van der Waals surface area contributed by atoms with Gasteiger partial charge in [0, 0.05) is 6.42 Å². The highest BCUT2D eigenvalue weighted by Crippen LogP contribution is 2.08. The van der Waals surface area contributed by atoms with E-state index in [1.54, 1.807) is 32.9 Å². The maximum atomic E-state index is 11.9. The Morgan fingerprint density at radius 3 is 2.42 bits per heavy atom. The van der Waals surface area contributed by atoms with Crippen molar-refractivity contribution in [2.24, 2.45) is 5.73 Å². The van der Waals surface area contributed by atoms with E-state index in [4.69, 9.17) is 23.1 Å². The molecule has 2 amide bonds. The molecule has 130 valence electrons. The summed E-state index contributed by atoms with van der Waals surface area (Å²) in [6.45, 7) is 5.97. The molecule has 0 aromatic heterocycles. The second-order valence-corrected chi connectivity index (χ2v) is 6.60. The molecule has 0 fully saturated rings. The van der Waals surface area contributed by atoms with Crippen LogP contribution in [0, 0.1) is 0 Å². The molecule has 0 aliphatic heterocycles. The minimum atomic E-state index is -0.594. The number of nitrogens with one attached hydrogen (secondary N) is 1.